The number of aryl methyl sites for hydroxylation is 1. The minimum Gasteiger partial charge on any atom is -0.477 e. The molecule has 0 fully saturated rings. The molecule has 1 aromatic heterocycles. The van der Waals surface area contributed by atoms with Gasteiger partial charge in [0, 0.05) is 5.69 Å². The van der Waals surface area contributed by atoms with E-state index in [-0.39, 0.29) is 11.4 Å². The molecule has 1 rings (SSSR count). The molecule has 4 nitrogen and oxygen atoms in total. The number of aromatic nitrogens is 1. The number of carboxylic acids is 1. The highest BCUT2D eigenvalue weighted by Crippen LogP contribution is 2.21. The van der Waals surface area contributed by atoms with E-state index in [2.05, 4.69) is 4.98 Å². The average molecular weight is 249 g/mol. The number of halogens is 3. The lowest BCUT2D eigenvalue weighted by Crippen LogP contribution is -2.15. The van der Waals surface area contributed by atoms with Crippen LogP contribution in [-0.2, 0) is 0 Å². The molecule has 0 radical (unpaired) electrons. The SMILES string of the molecule is Cc1ccc(C(=O)O)c(OCCC(F)(F)F)n1. The van der Waals surface area contributed by atoms with E-state index < -0.39 is 25.2 Å². The van der Waals surface area contributed by atoms with Crippen LogP contribution in [0.1, 0.15) is 22.5 Å². The second kappa shape index (κ2) is 5.03. The summed E-state index contributed by atoms with van der Waals surface area (Å²) in [5, 5.41) is 8.77. The number of aromatic carboxylic acids is 1. The molecule has 0 saturated carbocycles. The van der Waals surface area contributed by atoms with E-state index in [1.54, 1.807) is 6.92 Å². The molecule has 0 saturated heterocycles. The van der Waals surface area contributed by atoms with E-state index in [0.717, 1.165) is 0 Å². The van der Waals surface area contributed by atoms with E-state index in [4.69, 9.17) is 9.84 Å². The molecule has 0 unspecified atom stereocenters. The lowest BCUT2D eigenvalue weighted by molar-refractivity contribution is -0.139. The lowest BCUT2D eigenvalue weighted by Gasteiger charge is -2.10. The van der Waals surface area contributed by atoms with Gasteiger partial charge in [-0.15, -0.1) is 0 Å². The summed E-state index contributed by atoms with van der Waals surface area (Å²) in [5.41, 5.74) is 0.217. The van der Waals surface area contributed by atoms with Crippen LogP contribution >= 0.6 is 0 Å². The van der Waals surface area contributed by atoms with Crippen LogP contribution in [0.5, 0.6) is 5.88 Å². The van der Waals surface area contributed by atoms with E-state index in [9.17, 15) is 18.0 Å². The van der Waals surface area contributed by atoms with Gasteiger partial charge >= 0.3 is 12.1 Å². The molecule has 0 aliphatic carbocycles. The van der Waals surface area contributed by atoms with Crippen molar-refractivity contribution in [2.75, 3.05) is 6.61 Å². The van der Waals surface area contributed by atoms with Crippen molar-refractivity contribution in [3.05, 3.63) is 23.4 Å². The molecule has 0 atom stereocenters. The van der Waals surface area contributed by atoms with Crippen molar-refractivity contribution >= 4 is 5.97 Å². The van der Waals surface area contributed by atoms with Crippen LogP contribution < -0.4 is 4.74 Å². The zero-order chi connectivity index (χ0) is 13.1. The third-order valence-corrected chi connectivity index (χ3v) is 1.85. The number of rotatable bonds is 4. The van der Waals surface area contributed by atoms with Gasteiger partial charge in [0.15, 0.2) is 0 Å². The van der Waals surface area contributed by atoms with Gasteiger partial charge in [-0.1, -0.05) is 0 Å². The molecule has 0 aliphatic rings. The molecule has 17 heavy (non-hydrogen) atoms. The van der Waals surface area contributed by atoms with E-state index in [1.165, 1.54) is 12.1 Å². The number of hydrogen-bond donors (Lipinski definition) is 1. The summed E-state index contributed by atoms with van der Waals surface area (Å²) in [7, 11) is 0. The Morgan fingerprint density at radius 2 is 2.12 bits per heavy atom. The highest BCUT2D eigenvalue weighted by Gasteiger charge is 2.27. The summed E-state index contributed by atoms with van der Waals surface area (Å²) in [6.45, 7) is 0.933. The maximum absolute atomic E-state index is 11.9. The largest absolute Gasteiger partial charge is 0.477 e. The third-order valence-electron chi connectivity index (χ3n) is 1.85. The topological polar surface area (TPSA) is 59.4 Å². The van der Waals surface area contributed by atoms with Gasteiger partial charge in [-0.05, 0) is 19.1 Å². The summed E-state index contributed by atoms with van der Waals surface area (Å²) in [5.74, 6) is -1.58. The summed E-state index contributed by atoms with van der Waals surface area (Å²) in [6.07, 6.45) is -5.49. The normalized spacial score (nSPS) is 11.3. The maximum Gasteiger partial charge on any atom is 0.392 e. The molecular weight excluding hydrogens is 239 g/mol. The number of pyridine rings is 1. The van der Waals surface area contributed by atoms with Crippen LogP contribution in [-0.4, -0.2) is 28.8 Å². The Kier molecular flexibility index (Phi) is 3.93. The Morgan fingerprint density at radius 1 is 1.47 bits per heavy atom. The van der Waals surface area contributed by atoms with Crippen molar-refractivity contribution < 1.29 is 27.8 Å². The van der Waals surface area contributed by atoms with Crippen molar-refractivity contribution in [1.82, 2.24) is 4.98 Å². The zero-order valence-corrected chi connectivity index (χ0v) is 8.91. The first-order valence-corrected chi connectivity index (χ1v) is 4.70. The fourth-order valence-corrected chi connectivity index (χ4v) is 1.07. The first kappa shape index (κ1) is 13.3. The van der Waals surface area contributed by atoms with Gasteiger partial charge in [0.05, 0.1) is 13.0 Å². The predicted molar refractivity (Wildman–Crippen MR) is 52.1 cm³/mol. The molecule has 0 aliphatic heterocycles. The fraction of sp³-hybridized carbons (Fsp3) is 0.400. The number of hydrogen-bond acceptors (Lipinski definition) is 3. The molecule has 0 spiro atoms. The maximum atomic E-state index is 11.9. The average Bonchev–Trinajstić information content (AvgIpc) is 2.15. The summed E-state index contributed by atoms with van der Waals surface area (Å²) < 4.78 is 40.4. The number of alkyl halides is 3. The minimum atomic E-state index is -4.34. The Labute approximate surface area is 95.0 Å². The van der Waals surface area contributed by atoms with Gasteiger partial charge in [-0.3, -0.25) is 0 Å². The molecule has 1 aromatic rings. The lowest BCUT2D eigenvalue weighted by atomic mass is 10.2. The minimum absolute atomic E-state index is 0.252. The van der Waals surface area contributed by atoms with Crippen LogP contribution in [0.25, 0.3) is 0 Å². The summed E-state index contributed by atoms with van der Waals surface area (Å²) in [4.78, 5) is 14.5. The molecule has 1 heterocycles. The second-order valence-electron chi connectivity index (χ2n) is 3.32. The third kappa shape index (κ3) is 4.29. The predicted octanol–water partition coefficient (Wildman–Crippen LogP) is 2.42. The quantitative estimate of drug-likeness (QED) is 0.890. The van der Waals surface area contributed by atoms with Crippen LogP contribution in [0, 0.1) is 6.92 Å². The van der Waals surface area contributed by atoms with Crippen molar-refractivity contribution in [2.45, 2.75) is 19.5 Å². The van der Waals surface area contributed by atoms with Gasteiger partial charge in [0.1, 0.15) is 5.56 Å². The first-order valence-electron chi connectivity index (χ1n) is 4.70. The van der Waals surface area contributed by atoms with E-state index in [1.807, 2.05) is 0 Å². The summed E-state index contributed by atoms with van der Waals surface area (Å²) >= 11 is 0. The monoisotopic (exact) mass is 249 g/mol. The van der Waals surface area contributed by atoms with Gasteiger partial charge < -0.3 is 9.84 Å². The van der Waals surface area contributed by atoms with Crippen molar-refractivity contribution in [2.24, 2.45) is 0 Å². The van der Waals surface area contributed by atoms with Crippen molar-refractivity contribution in [3.8, 4) is 5.88 Å². The number of ether oxygens (including phenoxy) is 1. The van der Waals surface area contributed by atoms with E-state index >= 15 is 0 Å². The highest BCUT2D eigenvalue weighted by atomic mass is 19.4. The molecule has 0 aromatic carbocycles. The van der Waals surface area contributed by atoms with Crippen molar-refractivity contribution in [3.63, 3.8) is 0 Å². The number of carbonyl (C=O) groups is 1. The van der Waals surface area contributed by atoms with Crippen LogP contribution in [0.3, 0.4) is 0 Å². The zero-order valence-electron chi connectivity index (χ0n) is 8.91. The van der Waals surface area contributed by atoms with Crippen molar-refractivity contribution in [1.29, 1.82) is 0 Å². The van der Waals surface area contributed by atoms with Gasteiger partial charge in [0.25, 0.3) is 0 Å². The Morgan fingerprint density at radius 3 is 2.65 bits per heavy atom. The molecule has 0 amide bonds. The van der Waals surface area contributed by atoms with Gasteiger partial charge in [-0.25, -0.2) is 9.78 Å². The van der Waals surface area contributed by atoms with Crippen LogP contribution in [0.2, 0.25) is 0 Å². The van der Waals surface area contributed by atoms with Gasteiger partial charge in [0.2, 0.25) is 5.88 Å². The standard InChI is InChI=1S/C10H10F3NO3/c1-6-2-3-7(9(15)16)8(14-6)17-5-4-10(11,12)13/h2-3H,4-5H2,1H3,(H,15,16). The van der Waals surface area contributed by atoms with Crippen LogP contribution in [0.4, 0.5) is 13.2 Å². The Hall–Kier alpha value is -1.79. The van der Waals surface area contributed by atoms with E-state index in [0.29, 0.717) is 5.69 Å². The molecule has 94 valence electrons. The molecule has 7 heteroatoms. The number of carboxylic acid groups (broad SMARTS) is 1. The van der Waals surface area contributed by atoms with Crippen LogP contribution in [0.15, 0.2) is 12.1 Å². The Balaban J connectivity index is 2.75. The first-order chi connectivity index (χ1) is 7.79. The Bertz CT molecular complexity index is 418. The number of nitrogens with zero attached hydrogens (tertiary/aromatic N) is 1. The second-order valence-corrected chi connectivity index (χ2v) is 3.32. The van der Waals surface area contributed by atoms with Gasteiger partial charge in [-0.2, -0.15) is 13.2 Å². The molecule has 1 N–H and O–H groups in total. The fourth-order valence-electron chi connectivity index (χ4n) is 1.07. The highest BCUT2D eigenvalue weighted by molar-refractivity contribution is 5.90. The molecule has 0 bridgehead atoms. The summed E-state index contributed by atoms with van der Waals surface area (Å²) in [6, 6.07) is 2.69. The molecular formula is C10H10F3NO3. The smallest absolute Gasteiger partial charge is 0.392 e.